The quantitative estimate of drug-likeness (QED) is 0.441. The largest absolute Gasteiger partial charge is 0.369 e. The Kier molecular flexibility index (Phi) is 6.71. The molecular formula is C18H26ClN7. The van der Waals surface area contributed by atoms with Crippen LogP contribution in [0.1, 0.15) is 19.3 Å². The summed E-state index contributed by atoms with van der Waals surface area (Å²) in [6.07, 6.45) is 6.73. The van der Waals surface area contributed by atoms with Crippen LogP contribution in [0, 0.1) is 0 Å². The van der Waals surface area contributed by atoms with Crippen molar-refractivity contribution in [2.45, 2.75) is 31.8 Å². The average molecular weight is 376 g/mol. The molecule has 1 aromatic heterocycles. The third kappa shape index (κ3) is 5.36. The molecule has 1 aliphatic heterocycles. The first-order chi connectivity index (χ1) is 12.7. The first-order valence-corrected chi connectivity index (χ1v) is 9.42. The van der Waals surface area contributed by atoms with Gasteiger partial charge in [0.25, 0.3) is 0 Å². The molecule has 3 rings (SSSR count). The Morgan fingerprint density at radius 1 is 1.31 bits per heavy atom. The van der Waals surface area contributed by atoms with Crippen molar-refractivity contribution in [1.82, 2.24) is 25.4 Å². The summed E-state index contributed by atoms with van der Waals surface area (Å²) >= 11 is 6.10. The van der Waals surface area contributed by atoms with E-state index in [9.17, 15) is 0 Å². The Morgan fingerprint density at radius 2 is 2.15 bits per heavy atom. The minimum atomic E-state index is 0.386. The number of unbranched alkanes of at least 4 members (excludes halogenated alkanes) is 1. The van der Waals surface area contributed by atoms with Crippen molar-refractivity contribution in [1.29, 1.82) is 0 Å². The van der Waals surface area contributed by atoms with E-state index in [1.807, 2.05) is 29.8 Å². The van der Waals surface area contributed by atoms with Gasteiger partial charge in [0.2, 0.25) is 0 Å². The molecule has 2 aromatic rings. The fourth-order valence-corrected chi connectivity index (χ4v) is 3.32. The smallest absolute Gasteiger partial charge is 0.191 e. The molecule has 2 heterocycles. The number of hydrogen-bond donors (Lipinski definition) is 2. The zero-order valence-corrected chi connectivity index (χ0v) is 15.9. The Labute approximate surface area is 159 Å². The molecule has 0 aliphatic carbocycles. The van der Waals surface area contributed by atoms with Gasteiger partial charge in [-0.2, -0.15) is 0 Å². The van der Waals surface area contributed by atoms with Crippen LogP contribution in [0.15, 0.2) is 41.9 Å². The standard InChI is InChI=1S/C18H26ClN7/c1-20-18(21-8-2-3-9-25-13-22-23-14-25)24-16-7-10-26(12-16)17-6-4-5-15(19)11-17/h4-6,11,13-14,16H,2-3,7-10,12H2,1H3,(H2,20,21,24). The molecule has 8 heteroatoms. The van der Waals surface area contributed by atoms with Gasteiger partial charge in [-0.1, -0.05) is 17.7 Å². The second kappa shape index (κ2) is 9.43. The van der Waals surface area contributed by atoms with Crippen LogP contribution in [0.25, 0.3) is 0 Å². The second-order valence-electron chi connectivity index (χ2n) is 6.46. The molecule has 1 aromatic carbocycles. The molecule has 26 heavy (non-hydrogen) atoms. The Bertz CT molecular complexity index is 701. The number of halogens is 1. The van der Waals surface area contributed by atoms with Crippen molar-refractivity contribution in [3.8, 4) is 0 Å². The number of nitrogens with zero attached hydrogens (tertiary/aromatic N) is 5. The number of aromatic nitrogens is 3. The van der Waals surface area contributed by atoms with Gasteiger partial charge in [0, 0.05) is 50.0 Å². The van der Waals surface area contributed by atoms with Crippen LogP contribution in [0.3, 0.4) is 0 Å². The third-order valence-electron chi connectivity index (χ3n) is 4.53. The first kappa shape index (κ1) is 18.5. The van der Waals surface area contributed by atoms with E-state index in [0.29, 0.717) is 6.04 Å². The molecule has 0 radical (unpaired) electrons. The predicted molar refractivity (Wildman–Crippen MR) is 106 cm³/mol. The summed E-state index contributed by atoms with van der Waals surface area (Å²) in [6.45, 7) is 3.81. The molecule has 1 unspecified atom stereocenters. The second-order valence-corrected chi connectivity index (χ2v) is 6.90. The van der Waals surface area contributed by atoms with E-state index in [-0.39, 0.29) is 0 Å². The van der Waals surface area contributed by atoms with Crippen LogP contribution < -0.4 is 15.5 Å². The summed E-state index contributed by atoms with van der Waals surface area (Å²) in [5, 5.41) is 15.3. The van der Waals surface area contributed by atoms with Gasteiger partial charge in [-0.25, -0.2) is 0 Å². The summed E-state index contributed by atoms with van der Waals surface area (Å²) in [4.78, 5) is 6.70. The fraction of sp³-hybridized carbons (Fsp3) is 0.500. The number of anilines is 1. The van der Waals surface area contributed by atoms with Crippen molar-refractivity contribution in [3.63, 3.8) is 0 Å². The number of benzene rings is 1. The van der Waals surface area contributed by atoms with Gasteiger partial charge in [0.05, 0.1) is 0 Å². The topological polar surface area (TPSA) is 70.4 Å². The zero-order valence-electron chi connectivity index (χ0n) is 15.1. The minimum absolute atomic E-state index is 0.386. The first-order valence-electron chi connectivity index (χ1n) is 9.04. The van der Waals surface area contributed by atoms with Gasteiger partial charge < -0.3 is 20.1 Å². The number of rotatable bonds is 7. The Hall–Kier alpha value is -2.28. The SMILES string of the molecule is CN=C(NCCCCn1cnnc1)NC1CCN(c2cccc(Cl)c2)C1. The number of aliphatic imine (C=N–C) groups is 1. The number of guanidine groups is 1. The lowest BCUT2D eigenvalue weighted by atomic mass is 10.2. The van der Waals surface area contributed by atoms with Crippen molar-refractivity contribution in [2.24, 2.45) is 4.99 Å². The number of aryl methyl sites for hydroxylation is 1. The van der Waals surface area contributed by atoms with Gasteiger partial charge in [-0.3, -0.25) is 4.99 Å². The summed E-state index contributed by atoms with van der Waals surface area (Å²) in [5.74, 6) is 0.868. The van der Waals surface area contributed by atoms with Crippen molar-refractivity contribution in [3.05, 3.63) is 41.9 Å². The predicted octanol–water partition coefficient (Wildman–Crippen LogP) is 2.16. The van der Waals surface area contributed by atoms with Crippen molar-refractivity contribution >= 4 is 23.2 Å². The highest BCUT2D eigenvalue weighted by Crippen LogP contribution is 2.23. The minimum Gasteiger partial charge on any atom is -0.369 e. The zero-order chi connectivity index (χ0) is 18.2. The normalized spacial score (nSPS) is 17.5. The lowest BCUT2D eigenvalue weighted by Crippen LogP contribution is -2.44. The molecular weight excluding hydrogens is 350 g/mol. The molecule has 0 saturated carbocycles. The Balaban J connectivity index is 1.37. The van der Waals surface area contributed by atoms with Crippen LogP contribution in [-0.4, -0.2) is 53.4 Å². The van der Waals surface area contributed by atoms with Crippen LogP contribution >= 0.6 is 11.6 Å². The average Bonchev–Trinajstić information content (AvgIpc) is 3.32. The monoisotopic (exact) mass is 375 g/mol. The summed E-state index contributed by atoms with van der Waals surface area (Å²) in [6, 6.07) is 8.42. The maximum atomic E-state index is 6.10. The van der Waals surface area contributed by atoms with E-state index in [1.54, 1.807) is 12.7 Å². The van der Waals surface area contributed by atoms with E-state index >= 15 is 0 Å². The molecule has 0 amide bonds. The molecule has 1 saturated heterocycles. The van der Waals surface area contributed by atoms with Gasteiger partial charge in [0.15, 0.2) is 5.96 Å². The number of nitrogens with one attached hydrogen (secondary N) is 2. The summed E-state index contributed by atoms with van der Waals surface area (Å²) in [7, 11) is 1.82. The van der Waals surface area contributed by atoms with Crippen LogP contribution in [-0.2, 0) is 6.54 Å². The van der Waals surface area contributed by atoms with E-state index in [0.717, 1.165) is 56.4 Å². The summed E-state index contributed by atoms with van der Waals surface area (Å²) < 4.78 is 2.00. The van der Waals surface area contributed by atoms with E-state index in [2.05, 4.69) is 36.8 Å². The van der Waals surface area contributed by atoms with E-state index in [4.69, 9.17) is 11.6 Å². The molecule has 0 bridgehead atoms. The molecule has 1 atom stereocenters. The molecule has 0 spiro atoms. The molecule has 2 N–H and O–H groups in total. The molecule has 1 aliphatic rings. The highest BCUT2D eigenvalue weighted by molar-refractivity contribution is 6.30. The van der Waals surface area contributed by atoms with Crippen LogP contribution in [0.4, 0.5) is 5.69 Å². The van der Waals surface area contributed by atoms with Crippen molar-refractivity contribution in [2.75, 3.05) is 31.6 Å². The summed E-state index contributed by atoms with van der Waals surface area (Å²) in [5.41, 5.74) is 1.18. The van der Waals surface area contributed by atoms with Gasteiger partial charge in [0.1, 0.15) is 12.7 Å². The van der Waals surface area contributed by atoms with E-state index < -0.39 is 0 Å². The molecule has 7 nitrogen and oxygen atoms in total. The van der Waals surface area contributed by atoms with Gasteiger partial charge in [-0.15, -0.1) is 10.2 Å². The number of hydrogen-bond acceptors (Lipinski definition) is 4. The van der Waals surface area contributed by atoms with Gasteiger partial charge in [-0.05, 0) is 37.5 Å². The third-order valence-corrected chi connectivity index (χ3v) is 4.76. The van der Waals surface area contributed by atoms with Crippen molar-refractivity contribution < 1.29 is 0 Å². The lowest BCUT2D eigenvalue weighted by Gasteiger charge is -2.20. The van der Waals surface area contributed by atoms with Crippen LogP contribution in [0.5, 0.6) is 0 Å². The highest BCUT2D eigenvalue weighted by Gasteiger charge is 2.23. The Morgan fingerprint density at radius 3 is 2.92 bits per heavy atom. The highest BCUT2D eigenvalue weighted by atomic mass is 35.5. The fourth-order valence-electron chi connectivity index (χ4n) is 3.14. The van der Waals surface area contributed by atoms with Gasteiger partial charge >= 0.3 is 0 Å². The molecule has 1 fully saturated rings. The van der Waals surface area contributed by atoms with Crippen LogP contribution in [0.2, 0.25) is 5.02 Å². The maximum absolute atomic E-state index is 6.10. The molecule has 140 valence electrons. The van der Waals surface area contributed by atoms with E-state index in [1.165, 1.54) is 5.69 Å². The lowest BCUT2D eigenvalue weighted by molar-refractivity contribution is 0.590. The maximum Gasteiger partial charge on any atom is 0.191 e.